The first-order chi connectivity index (χ1) is 6.37. The second kappa shape index (κ2) is 3.95. The first-order valence-corrected chi connectivity index (χ1v) is 3.97. The van der Waals surface area contributed by atoms with E-state index in [9.17, 15) is 13.2 Å². The zero-order chi connectivity index (χ0) is 10.8. The van der Waals surface area contributed by atoms with E-state index in [4.69, 9.17) is 17.3 Å². The maximum Gasteiger partial charge on any atom is 0.389 e. The van der Waals surface area contributed by atoms with Crippen molar-refractivity contribution in [3.05, 3.63) is 11.1 Å². The van der Waals surface area contributed by atoms with Gasteiger partial charge in [0.15, 0.2) is 0 Å². The van der Waals surface area contributed by atoms with Gasteiger partial charge in [-0.2, -0.15) is 23.1 Å². The van der Waals surface area contributed by atoms with Gasteiger partial charge in [-0.1, -0.05) is 0 Å². The van der Waals surface area contributed by atoms with Gasteiger partial charge in [0.25, 0.3) is 0 Å². The van der Waals surface area contributed by atoms with Gasteiger partial charge >= 0.3 is 6.18 Å². The van der Waals surface area contributed by atoms with Crippen molar-refractivity contribution in [3.63, 3.8) is 0 Å². The predicted molar refractivity (Wildman–Crippen MR) is 43.6 cm³/mol. The van der Waals surface area contributed by atoms with Crippen LogP contribution in [-0.2, 0) is 6.42 Å². The van der Waals surface area contributed by atoms with E-state index >= 15 is 0 Å². The molecule has 0 spiro atoms. The number of hydrogen-bond donors (Lipinski definition) is 1. The van der Waals surface area contributed by atoms with Crippen molar-refractivity contribution in [3.8, 4) is 0 Å². The minimum absolute atomic E-state index is 0.0557. The number of aryl methyl sites for hydroxylation is 1. The fourth-order valence-electron chi connectivity index (χ4n) is 0.774. The van der Waals surface area contributed by atoms with Crippen LogP contribution in [0, 0.1) is 0 Å². The summed E-state index contributed by atoms with van der Waals surface area (Å²) in [5.74, 6) is -0.234. The molecular weight excluding hydrogens is 221 g/mol. The molecule has 0 atom stereocenters. The minimum Gasteiger partial charge on any atom is -0.368 e. The molecule has 1 rings (SSSR count). The molecule has 0 aliphatic carbocycles. The van der Waals surface area contributed by atoms with Crippen LogP contribution in [0.3, 0.4) is 0 Å². The SMILES string of the molecule is Nc1nc(Cl)nc(CCC(F)(F)F)n1. The first kappa shape index (κ1) is 11.0. The van der Waals surface area contributed by atoms with Crippen molar-refractivity contribution in [2.75, 3.05) is 5.73 Å². The zero-order valence-electron chi connectivity index (χ0n) is 6.85. The summed E-state index contributed by atoms with van der Waals surface area (Å²) in [4.78, 5) is 10.4. The second-order valence-electron chi connectivity index (χ2n) is 2.49. The normalized spacial score (nSPS) is 11.7. The second-order valence-corrected chi connectivity index (χ2v) is 2.83. The average Bonchev–Trinajstić information content (AvgIpc) is 1.97. The third-order valence-corrected chi connectivity index (χ3v) is 1.47. The van der Waals surface area contributed by atoms with Crippen molar-refractivity contribution < 1.29 is 13.2 Å². The number of nitrogens with zero attached hydrogens (tertiary/aromatic N) is 3. The smallest absolute Gasteiger partial charge is 0.368 e. The Morgan fingerprint density at radius 1 is 1.21 bits per heavy atom. The Hall–Kier alpha value is -1.11. The van der Waals surface area contributed by atoms with Crippen molar-refractivity contribution in [1.29, 1.82) is 0 Å². The lowest BCUT2D eigenvalue weighted by atomic mass is 10.3. The molecule has 8 heteroatoms. The highest BCUT2D eigenvalue weighted by atomic mass is 35.5. The van der Waals surface area contributed by atoms with Crippen molar-refractivity contribution in [2.45, 2.75) is 19.0 Å². The molecule has 0 bridgehead atoms. The number of nitrogen functional groups attached to an aromatic ring is 1. The minimum atomic E-state index is -4.24. The molecule has 78 valence electrons. The van der Waals surface area contributed by atoms with Crippen LogP contribution in [0.15, 0.2) is 0 Å². The van der Waals surface area contributed by atoms with Gasteiger partial charge in [-0.15, -0.1) is 0 Å². The maximum absolute atomic E-state index is 11.8. The third-order valence-electron chi connectivity index (χ3n) is 1.30. The summed E-state index contributed by atoms with van der Waals surface area (Å²) in [5, 5.41) is -0.199. The Balaban J connectivity index is 2.68. The molecule has 0 radical (unpaired) electrons. The van der Waals surface area contributed by atoms with E-state index < -0.39 is 12.6 Å². The van der Waals surface area contributed by atoms with Gasteiger partial charge in [-0.25, -0.2) is 4.98 Å². The Morgan fingerprint density at radius 3 is 2.36 bits per heavy atom. The Bertz CT molecular complexity index is 307. The summed E-state index contributed by atoms with van der Waals surface area (Å²) < 4.78 is 35.4. The third kappa shape index (κ3) is 3.73. The summed E-state index contributed by atoms with van der Waals surface area (Å²) in [6.07, 6.45) is -5.60. The molecule has 1 aromatic rings. The molecule has 1 aromatic heterocycles. The number of aromatic nitrogens is 3. The highest BCUT2D eigenvalue weighted by molar-refractivity contribution is 6.28. The van der Waals surface area contributed by atoms with Gasteiger partial charge in [-0.3, -0.25) is 0 Å². The highest BCUT2D eigenvalue weighted by Crippen LogP contribution is 2.21. The van der Waals surface area contributed by atoms with Gasteiger partial charge in [0.2, 0.25) is 11.2 Å². The molecule has 0 amide bonds. The number of halogens is 4. The van der Waals surface area contributed by atoms with E-state index in [2.05, 4.69) is 15.0 Å². The number of rotatable bonds is 2. The van der Waals surface area contributed by atoms with E-state index in [1.165, 1.54) is 0 Å². The van der Waals surface area contributed by atoms with Gasteiger partial charge in [0.05, 0.1) is 6.42 Å². The van der Waals surface area contributed by atoms with Crippen LogP contribution in [0.2, 0.25) is 5.28 Å². The summed E-state index contributed by atoms with van der Waals surface area (Å²) in [7, 11) is 0. The molecular formula is C6H6ClF3N4. The monoisotopic (exact) mass is 226 g/mol. The van der Waals surface area contributed by atoms with E-state index in [1.54, 1.807) is 0 Å². The van der Waals surface area contributed by atoms with E-state index in [1.807, 2.05) is 0 Å². The van der Waals surface area contributed by atoms with Gasteiger partial charge in [0, 0.05) is 6.42 Å². The Labute approximate surface area is 82.3 Å². The summed E-state index contributed by atoms with van der Waals surface area (Å²) in [6, 6.07) is 0. The predicted octanol–water partition coefficient (Wildman–Crippen LogP) is 1.60. The molecule has 0 aliphatic heterocycles. The molecule has 0 aliphatic rings. The van der Waals surface area contributed by atoms with Gasteiger partial charge in [0.1, 0.15) is 5.82 Å². The van der Waals surface area contributed by atoms with E-state index in [-0.39, 0.29) is 23.5 Å². The quantitative estimate of drug-likeness (QED) is 0.832. The molecule has 1 heterocycles. The summed E-state index contributed by atoms with van der Waals surface area (Å²) >= 11 is 5.38. The molecule has 0 saturated carbocycles. The molecule has 4 nitrogen and oxygen atoms in total. The zero-order valence-corrected chi connectivity index (χ0v) is 7.60. The van der Waals surface area contributed by atoms with Crippen molar-refractivity contribution in [1.82, 2.24) is 15.0 Å². The lowest BCUT2D eigenvalue weighted by molar-refractivity contribution is -0.134. The van der Waals surface area contributed by atoms with Gasteiger partial charge in [-0.05, 0) is 11.6 Å². The fraction of sp³-hybridized carbons (Fsp3) is 0.500. The Kier molecular flexibility index (Phi) is 3.10. The molecule has 0 aromatic carbocycles. The topological polar surface area (TPSA) is 64.7 Å². The van der Waals surface area contributed by atoms with E-state index in [0.29, 0.717) is 0 Å². The highest BCUT2D eigenvalue weighted by Gasteiger charge is 2.27. The largest absolute Gasteiger partial charge is 0.389 e. The van der Waals surface area contributed by atoms with Crippen molar-refractivity contribution in [2.24, 2.45) is 0 Å². The van der Waals surface area contributed by atoms with Crippen LogP contribution in [0.4, 0.5) is 19.1 Å². The fourth-order valence-corrected chi connectivity index (χ4v) is 0.958. The van der Waals surface area contributed by atoms with Gasteiger partial charge < -0.3 is 5.73 Å². The molecule has 0 fully saturated rings. The Morgan fingerprint density at radius 2 is 1.86 bits per heavy atom. The first-order valence-electron chi connectivity index (χ1n) is 3.59. The van der Waals surface area contributed by atoms with Crippen LogP contribution < -0.4 is 5.73 Å². The standard InChI is InChI=1S/C6H6ClF3N4/c7-4-12-3(13-5(11)14-4)1-2-6(8,9)10/h1-2H2,(H2,11,12,13,14). The average molecular weight is 227 g/mol. The van der Waals surface area contributed by atoms with Crippen molar-refractivity contribution >= 4 is 17.5 Å². The maximum atomic E-state index is 11.8. The van der Waals surface area contributed by atoms with Crippen LogP contribution in [0.25, 0.3) is 0 Å². The number of alkyl halides is 3. The van der Waals surface area contributed by atoms with Crippen LogP contribution in [0.1, 0.15) is 12.2 Å². The van der Waals surface area contributed by atoms with E-state index in [0.717, 1.165) is 0 Å². The summed E-state index contributed by atoms with van der Waals surface area (Å²) in [6.45, 7) is 0. The lowest BCUT2D eigenvalue weighted by Gasteiger charge is -2.04. The molecule has 14 heavy (non-hydrogen) atoms. The lowest BCUT2D eigenvalue weighted by Crippen LogP contribution is -2.11. The van der Waals surface area contributed by atoms with Crippen LogP contribution >= 0.6 is 11.6 Å². The molecule has 2 N–H and O–H groups in total. The summed E-state index contributed by atoms with van der Waals surface area (Å²) in [5.41, 5.74) is 5.17. The molecule has 0 saturated heterocycles. The van der Waals surface area contributed by atoms with Crippen LogP contribution in [0.5, 0.6) is 0 Å². The number of hydrogen-bond acceptors (Lipinski definition) is 4. The number of nitrogens with two attached hydrogens (primary N) is 1. The molecule has 0 unspecified atom stereocenters. The number of anilines is 1. The van der Waals surface area contributed by atoms with Crippen LogP contribution in [-0.4, -0.2) is 21.1 Å².